The van der Waals surface area contributed by atoms with Crippen LogP contribution in [0.3, 0.4) is 0 Å². The van der Waals surface area contributed by atoms with E-state index in [-0.39, 0.29) is 0 Å². The first-order chi connectivity index (χ1) is 12.4. The molecule has 25 heavy (non-hydrogen) atoms. The average Bonchev–Trinajstić information content (AvgIpc) is 2.85. The van der Waals surface area contributed by atoms with E-state index in [9.17, 15) is 0 Å². The second kappa shape index (κ2) is 10.3. The number of hydrogen-bond acceptors (Lipinski definition) is 2. The Bertz CT molecular complexity index is 369. The van der Waals surface area contributed by atoms with Crippen molar-refractivity contribution in [3.63, 3.8) is 0 Å². The molecular weight excluding hydrogens is 304 g/mol. The van der Waals surface area contributed by atoms with Gasteiger partial charge in [-0.1, -0.05) is 84.0 Å². The minimum atomic E-state index is 0.522. The predicted molar refractivity (Wildman–Crippen MR) is 109 cm³/mol. The van der Waals surface area contributed by atoms with E-state index in [1.807, 2.05) is 0 Å². The molecule has 2 atom stereocenters. The van der Waals surface area contributed by atoms with Gasteiger partial charge >= 0.3 is 0 Å². The summed E-state index contributed by atoms with van der Waals surface area (Å²) < 4.78 is 0. The van der Waals surface area contributed by atoms with Crippen LogP contribution in [0.5, 0.6) is 0 Å². The van der Waals surface area contributed by atoms with Gasteiger partial charge in [0.1, 0.15) is 0 Å². The largest absolute Gasteiger partial charge is 0.285 e. The Balaban J connectivity index is 1.30. The van der Waals surface area contributed by atoms with Crippen molar-refractivity contribution in [2.75, 3.05) is 26.2 Å². The van der Waals surface area contributed by atoms with Crippen LogP contribution in [0.1, 0.15) is 110 Å². The predicted octanol–water partition coefficient (Wildman–Crippen LogP) is 6.21. The zero-order chi connectivity index (χ0) is 17.4. The van der Waals surface area contributed by atoms with Gasteiger partial charge in [-0.15, -0.1) is 0 Å². The Morgan fingerprint density at radius 2 is 1.32 bits per heavy atom. The molecule has 0 radical (unpaired) electrons. The maximum atomic E-state index is 2.91. The van der Waals surface area contributed by atoms with Gasteiger partial charge in [-0.3, -0.25) is 9.80 Å². The molecule has 2 nitrogen and oxygen atoms in total. The molecular formula is C23H44N2. The summed E-state index contributed by atoms with van der Waals surface area (Å²) in [5.74, 6) is 0.986. The van der Waals surface area contributed by atoms with E-state index in [1.54, 1.807) is 0 Å². The number of hydrogen-bond donors (Lipinski definition) is 0. The van der Waals surface area contributed by atoms with Crippen LogP contribution in [0.25, 0.3) is 0 Å². The van der Waals surface area contributed by atoms with Crippen LogP contribution in [0.4, 0.5) is 0 Å². The second-order valence-corrected chi connectivity index (χ2v) is 9.14. The van der Waals surface area contributed by atoms with E-state index in [0.29, 0.717) is 5.66 Å². The summed E-state index contributed by atoms with van der Waals surface area (Å²) in [5.41, 5.74) is 0.522. The van der Waals surface area contributed by atoms with Gasteiger partial charge in [-0.25, -0.2) is 0 Å². The van der Waals surface area contributed by atoms with Crippen molar-refractivity contribution in [2.45, 2.75) is 115 Å². The smallest absolute Gasteiger partial charge is 0.0779 e. The van der Waals surface area contributed by atoms with Gasteiger partial charge in [0.2, 0.25) is 0 Å². The van der Waals surface area contributed by atoms with Crippen LogP contribution in [0, 0.1) is 5.92 Å². The monoisotopic (exact) mass is 348 g/mol. The summed E-state index contributed by atoms with van der Waals surface area (Å²) in [6, 6.07) is 0. The highest BCUT2D eigenvalue weighted by Crippen LogP contribution is 2.49. The summed E-state index contributed by atoms with van der Waals surface area (Å²) in [7, 11) is 0. The lowest BCUT2D eigenvalue weighted by atomic mass is 9.72. The number of rotatable bonds is 11. The van der Waals surface area contributed by atoms with Gasteiger partial charge in [-0.2, -0.15) is 0 Å². The molecule has 0 bridgehead atoms. The maximum Gasteiger partial charge on any atom is 0.0779 e. The highest BCUT2D eigenvalue weighted by atomic mass is 15.5. The Morgan fingerprint density at radius 3 is 2.08 bits per heavy atom. The van der Waals surface area contributed by atoms with Gasteiger partial charge in [0.05, 0.1) is 5.66 Å². The molecule has 0 saturated carbocycles. The van der Waals surface area contributed by atoms with Crippen LogP contribution >= 0.6 is 0 Å². The van der Waals surface area contributed by atoms with E-state index in [4.69, 9.17) is 0 Å². The zero-order valence-corrected chi connectivity index (χ0v) is 17.1. The first-order valence-electron chi connectivity index (χ1n) is 11.9. The van der Waals surface area contributed by atoms with E-state index >= 15 is 0 Å². The van der Waals surface area contributed by atoms with Crippen molar-refractivity contribution in [3.8, 4) is 0 Å². The Hall–Kier alpha value is -0.0800. The fraction of sp³-hybridized carbons (Fsp3) is 1.00. The quantitative estimate of drug-likeness (QED) is 0.410. The minimum Gasteiger partial charge on any atom is -0.285 e. The van der Waals surface area contributed by atoms with Crippen LogP contribution in [0.2, 0.25) is 0 Å². The number of unbranched alkanes of at least 4 members (excludes halogenated alkanes) is 9. The molecule has 3 heterocycles. The third-order valence-corrected chi connectivity index (χ3v) is 7.42. The first-order valence-corrected chi connectivity index (χ1v) is 11.9. The second-order valence-electron chi connectivity index (χ2n) is 9.14. The van der Waals surface area contributed by atoms with Gasteiger partial charge in [-0.05, 0) is 32.2 Å². The Morgan fingerprint density at radius 1 is 0.680 bits per heavy atom. The molecule has 3 rings (SSSR count). The SMILES string of the molecule is CCCCCCCCCCCCC1CN2CCCN3CCCCCC132. The molecule has 0 aromatic heterocycles. The van der Waals surface area contributed by atoms with E-state index in [0.717, 1.165) is 5.92 Å². The van der Waals surface area contributed by atoms with Crippen molar-refractivity contribution in [3.05, 3.63) is 0 Å². The lowest BCUT2D eigenvalue weighted by Gasteiger charge is -2.66. The molecule has 3 aliphatic heterocycles. The van der Waals surface area contributed by atoms with Crippen molar-refractivity contribution in [2.24, 2.45) is 5.92 Å². The molecule has 3 aliphatic rings. The van der Waals surface area contributed by atoms with Crippen molar-refractivity contribution >= 4 is 0 Å². The summed E-state index contributed by atoms with van der Waals surface area (Å²) in [5, 5.41) is 0. The van der Waals surface area contributed by atoms with Gasteiger partial charge < -0.3 is 0 Å². The minimum absolute atomic E-state index is 0.522. The normalized spacial score (nSPS) is 30.4. The molecule has 3 fully saturated rings. The first kappa shape index (κ1) is 19.7. The average molecular weight is 349 g/mol. The summed E-state index contributed by atoms with van der Waals surface area (Å²) in [6.45, 7) is 7.86. The molecule has 1 spiro atoms. The molecule has 146 valence electrons. The van der Waals surface area contributed by atoms with E-state index in [1.165, 1.54) is 129 Å². The molecule has 3 saturated heterocycles. The third kappa shape index (κ3) is 4.80. The summed E-state index contributed by atoms with van der Waals surface area (Å²) in [4.78, 5) is 5.77. The molecule has 0 aliphatic carbocycles. The van der Waals surface area contributed by atoms with Crippen LogP contribution in [-0.4, -0.2) is 41.6 Å². The van der Waals surface area contributed by atoms with Gasteiger partial charge in [0, 0.05) is 25.6 Å². The Labute approximate surface area is 157 Å². The molecule has 2 unspecified atom stereocenters. The molecule has 2 heteroatoms. The third-order valence-electron chi connectivity index (χ3n) is 7.42. The fourth-order valence-electron chi connectivity index (χ4n) is 6.00. The van der Waals surface area contributed by atoms with Crippen LogP contribution in [0.15, 0.2) is 0 Å². The van der Waals surface area contributed by atoms with Gasteiger partial charge in [0.25, 0.3) is 0 Å². The Kier molecular flexibility index (Phi) is 8.11. The van der Waals surface area contributed by atoms with Crippen molar-refractivity contribution in [1.29, 1.82) is 0 Å². The van der Waals surface area contributed by atoms with E-state index in [2.05, 4.69) is 16.7 Å². The summed E-state index contributed by atoms with van der Waals surface area (Å²) in [6.07, 6.45) is 23.4. The summed E-state index contributed by atoms with van der Waals surface area (Å²) >= 11 is 0. The molecule has 0 amide bonds. The standard InChI is InChI=1S/C23H44N2/c1-2-3-4-5-6-7-8-9-10-12-16-22-21-25-20-15-19-24-18-14-11-13-17-23(22,24)25/h22H,2-21H2,1H3. The molecule has 0 N–H and O–H groups in total. The van der Waals surface area contributed by atoms with Crippen molar-refractivity contribution in [1.82, 2.24) is 9.80 Å². The highest BCUT2D eigenvalue weighted by Gasteiger charge is 2.57. The lowest BCUT2D eigenvalue weighted by molar-refractivity contribution is -0.210. The van der Waals surface area contributed by atoms with Crippen molar-refractivity contribution < 1.29 is 0 Å². The zero-order valence-electron chi connectivity index (χ0n) is 17.1. The van der Waals surface area contributed by atoms with E-state index < -0.39 is 0 Å². The van der Waals surface area contributed by atoms with Crippen LogP contribution < -0.4 is 0 Å². The molecule has 0 aromatic carbocycles. The van der Waals surface area contributed by atoms with Crippen LogP contribution in [-0.2, 0) is 0 Å². The number of nitrogens with zero attached hydrogens (tertiary/aromatic N) is 2. The fourth-order valence-corrected chi connectivity index (χ4v) is 6.00. The van der Waals surface area contributed by atoms with Gasteiger partial charge in [0.15, 0.2) is 0 Å². The molecule has 0 aromatic rings. The highest BCUT2D eigenvalue weighted by molar-refractivity contribution is 5.08. The lowest BCUT2D eigenvalue weighted by Crippen LogP contribution is -2.77. The maximum absolute atomic E-state index is 2.91. The topological polar surface area (TPSA) is 6.48 Å².